The van der Waals surface area contributed by atoms with Gasteiger partial charge in [0.15, 0.2) is 0 Å². The Kier molecular flexibility index (Phi) is 5.29. The molecule has 1 unspecified atom stereocenters. The summed E-state index contributed by atoms with van der Waals surface area (Å²) in [7, 11) is 0. The Hall–Kier alpha value is -0.540. The number of hydrogen-bond acceptors (Lipinski definition) is 2. The van der Waals surface area contributed by atoms with Crippen molar-refractivity contribution >= 4 is 23.2 Å². The van der Waals surface area contributed by atoms with Crippen molar-refractivity contribution in [3.63, 3.8) is 0 Å². The number of halogens is 2. The minimum Gasteiger partial charge on any atom is -0.329 e. The quantitative estimate of drug-likeness (QED) is 0.797. The van der Waals surface area contributed by atoms with E-state index in [1.807, 2.05) is 13.0 Å². The second-order valence-electron chi connectivity index (χ2n) is 3.79. The lowest BCUT2D eigenvalue weighted by molar-refractivity contribution is 0.570. The van der Waals surface area contributed by atoms with Crippen molar-refractivity contribution in [2.24, 2.45) is 5.73 Å². The molecular formula is C12H16Cl2N2. The highest BCUT2D eigenvalue weighted by atomic mass is 35.5. The van der Waals surface area contributed by atoms with E-state index in [1.165, 1.54) is 0 Å². The van der Waals surface area contributed by atoms with E-state index in [-0.39, 0.29) is 6.04 Å². The number of hydrogen-bond donors (Lipinski definition) is 2. The van der Waals surface area contributed by atoms with Crippen LogP contribution >= 0.6 is 23.2 Å². The zero-order chi connectivity index (χ0) is 12.1. The first-order valence-electron chi connectivity index (χ1n) is 5.07. The highest BCUT2D eigenvalue weighted by molar-refractivity contribution is 6.33. The van der Waals surface area contributed by atoms with E-state index in [0.717, 1.165) is 11.1 Å². The molecule has 0 spiro atoms. The van der Waals surface area contributed by atoms with Crippen molar-refractivity contribution in [2.45, 2.75) is 13.0 Å². The van der Waals surface area contributed by atoms with Crippen LogP contribution in [0.3, 0.4) is 0 Å². The van der Waals surface area contributed by atoms with Crippen LogP contribution in [0.15, 0.2) is 30.4 Å². The SMILES string of the molecule is C=C(C)CNC(CN)c1cc(Cl)ccc1Cl. The summed E-state index contributed by atoms with van der Waals surface area (Å²) in [6.07, 6.45) is 0. The fraction of sp³-hybridized carbons (Fsp3) is 0.333. The van der Waals surface area contributed by atoms with E-state index in [9.17, 15) is 0 Å². The first kappa shape index (κ1) is 13.5. The largest absolute Gasteiger partial charge is 0.329 e. The first-order chi connectivity index (χ1) is 7.54. The lowest BCUT2D eigenvalue weighted by atomic mass is 10.1. The van der Waals surface area contributed by atoms with E-state index in [2.05, 4.69) is 11.9 Å². The Morgan fingerprint density at radius 3 is 2.75 bits per heavy atom. The minimum atomic E-state index is 0.00269. The maximum atomic E-state index is 6.11. The zero-order valence-corrected chi connectivity index (χ0v) is 10.8. The molecule has 3 N–H and O–H groups in total. The van der Waals surface area contributed by atoms with Crippen molar-refractivity contribution in [1.82, 2.24) is 5.32 Å². The van der Waals surface area contributed by atoms with E-state index >= 15 is 0 Å². The molecule has 0 bridgehead atoms. The Morgan fingerprint density at radius 1 is 1.50 bits per heavy atom. The monoisotopic (exact) mass is 258 g/mol. The van der Waals surface area contributed by atoms with Crippen molar-refractivity contribution in [3.05, 3.63) is 46.0 Å². The fourth-order valence-electron chi connectivity index (χ4n) is 1.40. The van der Waals surface area contributed by atoms with Crippen LogP contribution in [0.5, 0.6) is 0 Å². The van der Waals surface area contributed by atoms with Gasteiger partial charge in [0.25, 0.3) is 0 Å². The van der Waals surface area contributed by atoms with Crippen molar-refractivity contribution in [1.29, 1.82) is 0 Å². The highest BCUT2D eigenvalue weighted by Crippen LogP contribution is 2.25. The third kappa shape index (κ3) is 3.80. The maximum absolute atomic E-state index is 6.11. The Balaban J connectivity index is 2.85. The second-order valence-corrected chi connectivity index (χ2v) is 4.64. The summed E-state index contributed by atoms with van der Waals surface area (Å²) >= 11 is 12.0. The smallest absolute Gasteiger partial charge is 0.0462 e. The lowest BCUT2D eigenvalue weighted by Crippen LogP contribution is -2.29. The summed E-state index contributed by atoms with van der Waals surface area (Å²) in [4.78, 5) is 0. The van der Waals surface area contributed by atoms with Gasteiger partial charge in [-0.05, 0) is 30.7 Å². The molecular weight excluding hydrogens is 243 g/mol. The van der Waals surface area contributed by atoms with Crippen molar-refractivity contribution in [2.75, 3.05) is 13.1 Å². The first-order valence-corrected chi connectivity index (χ1v) is 5.83. The summed E-state index contributed by atoms with van der Waals surface area (Å²) in [5.74, 6) is 0. The summed E-state index contributed by atoms with van der Waals surface area (Å²) < 4.78 is 0. The summed E-state index contributed by atoms with van der Waals surface area (Å²) in [6, 6.07) is 5.39. The van der Waals surface area contributed by atoms with Crippen LogP contribution < -0.4 is 11.1 Å². The van der Waals surface area contributed by atoms with Gasteiger partial charge in [0, 0.05) is 29.2 Å². The van der Waals surface area contributed by atoms with Crippen LogP contribution in [0.2, 0.25) is 10.0 Å². The average Bonchev–Trinajstić information content (AvgIpc) is 2.23. The van der Waals surface area contributed by atoms with Gasteiger partial charge < -0.3 is 11.1 Å². The number of nitrogens with two attached hydrogens (primary N) is 1. The maximum Gasteiger partial charge on any atom is 0.0462 e. The number of benzene rings is 1. The molecule has 2 nitrogen and oxygen atoms in total. The third-order valence-corrected chi connectivity index (χ3v) is 2.80. The fourth-order valence-corrected chi connectivity index (χ4v) is 1.83. The van der Waals surface area contributed by atoms with Crippen molar-refractivity contribution in [3.8, 4) is 0 Å². The molecule has 0 aliphatic rings. The molecule has 0 aromatic heterocycles. The second kappa shape index (κ2) is 6.26. The molecule has 0 fully saturated rings. The minimum absolute atomic E-state index is 0.00269. The van der Waals surface area contributed by atoms with Gasteiger partial charge in [0.05, 0.1) is 0 Å². The highest BCUT2D eigenvalue weighted by Gasteiger charge is 2.12. The normalized spacial score (nSPS) is 12.5. The molecule has 0 heterocycles. The van der Waals surface area contributed by atoms with Crippen molar-refractivity contribution < 1.29 is 0 Å². The van der Waals surface area contributed by atoms with Gasteiger partial charge in [-0.3, -0.25) is 0 Å². The topological polar surface area (TPSA) is 38.0 Å². The van der Waals surface area contributed by atoms with Crippen LogP contribution in [0.1, 0.15) is 18.5 Å². The molecule has 0 saturated heterocycles. The Bertz CT molecular complexity index is 377. The predicted octanol–water partition coefficient (Wildman–Crippen LogP) is 3.16. The molecule has 0 aliphatic heterocycles. The van der Waals surface area contributed by atoms with Gasteiger partial charge >= 0.3 is 0 Å². The van der Waals surface area contributed by atoms with Crippen LogP contribution in [-0.2, 0) is 0 Å². The molecule has 0 radical (unpaired) electrons. The molecule has 1 aromatic carbocycles. The van der Waals surface area contributed by atoms with Gasteiger partial charge in [0.2, 0.25) is 0 Å². The molecule has 1 rings (SSSR count). The Morgan fingerprint density at radius 2 is 2.19 bits per heavy atom. The van der Waals surface area contributed by atoms with Crippen LogP contribution in [-0.4, -0.2) is 13.1 Å². The summed E-state index contributed by atoms with van der Waals surface area (Å²) in [6.45, 7) is 6.97. The van der Waals surface area contributed by atoms with E-state index in [4.69, 9.17) is 28.9 Å². The van der Waals surface area contributed by atoms with Gasteiger partial charge in [-0.15, -0.1) is 0 Å². The molecule has 88 valence electrons. The van der Waals surface area contributed by atoms with Gasteiger partial charge in [-0.1, -0.05) is 35.4 Å². The van der Waals surface area contributed by atoms with Crippen LogP contribution in [0, 0.1) is 0 Å². The predicted molar refractivity (Wildman–Crippen MR) is 71.1 cm³/mol. The molecule has 0 saturated carbocycles. The molecule has 1 atom stereocenters. The van der Waals surface area contributed by atoms with Gasteiger partial charge in [-0.2, -0.15) is 0 Å². The van der Waals surface area contributed by atoms with Crippen LogP contribution in [0.25, 0.3) is 0 Å². The van der Waals surface area contributed by atoms with Crippen LogP contribution in [0.4, 0.5) is 0 Å². The molecule has 1 aromatic rings. The Labute approximate surface area is 106 Å². The molecule has 0 amide bonds. The average molecular weight is 259 g/mol. The number of nitrogens with one attached hydrogen (secondary N) is 1. The summed E-state index contributed by atoms with van der Waals surface area (Å²) in [5, 5.41) is 4.62. The third-order valence-electron chi connectivity index (χ3n) is 2.22. The number of rotatable bonds is 5. The zero-order valence-electron chi connectivity index (χ0n) is 9.26. The lowest BCUT2D eigenvalue weighted by Gasteiger charge is -2.18. The summed E-state index contributed by atoms with van der Waals surface area (Å²) in [5.41, 5.74) is 7.70. The van der Waals surface area contributed by atoms with Gasteiger partial charge in [0.1, 0.15) is 0 Å². The standard InChI is InChI=1S/C12H16Cl2N2/c1-8(2)7-16-12(6-15)10-5-9(13)3-4-11(10)14/h3-5,12,16H,1,6-7,15H2,2H3. The molecule has 16 heavy (non-hydrogen) atoms. The van der Waals surface area contributed by atoms with E-state index < -0.39 is 0 Å². The van der Waals surface area contributed by atoms with E-state index in [0.29, 0.717) is 23.1 Å². The molecule has 4 heteroatoms. The van der Waals surface area contributed by atoms with Gasteiger partial charge in [-0.25, -0.2) is 0 Å². The molecule has 0 aliphatic carbocycles. The van der Waals surface area contributed by atoms with E-state index in [1.54, 1.807) is 12.1 Å².